The van der Waals surface area contributed by atoms with Crippen molar-refractivity contribution < 1.29 is 9.84 Å². The Kier molecular flexibility index (Phi) is 5.94. The molecule has 6 heteroatoms. The van der Waals surface area contributed by atoms with Gasteiger partial charge >= 0.3 is 0 Å². The Labute approximate surface area is 136 Å². The van der Waals surface area contributed by atoms with Crippen molar-refractivity contribution in [3.05, 3.63) is 48.7 Å². The standard InChI is InChI=1S/C17H22N4O2/c1-13(22)11-17(20-18)12-19-16-5-3-15(4-6-16)14(2)21-7-9-23-10-8-21/h3-6,12,22H,1-2,7-11,18H2. The van der Waals surface area contributed by atoms with Crippen LogP contribution in [0.3, 0.4) is 0 Å². The summed E-state index contributed by atoms with van der Waals surface area (Å²) in [5.41, 5.74) is 3.28. The van der Waals surface area contributed by atoms with E-state index in [0.717, 1.165) is 43.3 Å². The molecule has 1 aliphatic rings. The van der Waals surface area contributed by atoms with E-state index in [-0.39, 0.29) is 12.2 Å². The molecule has 2 rings (SSSR count). The predicted octanol–water partition coefficient (Wildman–Crippen LogP) is 2.47. The lowest BCUT2D eigenvalue weighted by atomic mass is 10.1. The van der Waals surface area contributed by atoms with Crippen LogP contribution in [0.25, 0.3) is 5.70 Å². The molecule has 1 aliphatic heterocycles. The van der Waals surface area contributed by atoms with Crippen LogP contribution in [0.5, 0.6) is 0 Å². The SMILES string of the molecule is C=C(O)CC(C=Nc1ccc(C(=C)N2CCOCC2)cc1)=NN. The van der Waals surface area contributed by atoms with Gasteiger partial charge in [-0.15, -0.1) is 0 Å². The molecule has 1 heterocycles. The van der Waals surface area contributed by atoms with Crippen molar-refractivity contribution in [3.63, 3.8) is 0 Å². The van der Waals surface area contributed by atoms with Crippen molar-refractivity contribution >= 4 is 23.3 Å². The maximum absolute atomic E-state index is 9.16. The molecule has 23 heavy (non-hydrogen) atoms. The average molecular weight is 314 g/mol. The fourth-order valence-electron chi connectivity index (χ4n) is 2.24. The number of hydrazone groups is 1. The number of benzene rings is 1. The highest BCUT2D eigenvalue weighted by molar-refractivity contribution is 6.31. The summed E-state index contributed by atoms with van der Waals surface area (Å²) in [5.74, 6) is 5.25. The minimum Gasteiger partial charge on any atom is -0.513 e. The van der Waals surface area contributed by atoms with Crippen molar-refractivity contribution in [3.8, 4) is 0 Å². The number of morpholine rings is 1. The number of aliphatic imine (C=N–C) groups is 1. The Hall–Kier alpha value is -2.60. The summed E-state index contributed by atoms with van der Waals surface area (Å²) in [5, 5.41) is 12.7. The lowest BCUT2D eigenvalue weighted by Gasteiger charge is -2.30. The zero-order valence-electron chi connectivity index (χ0n) is 13.1. The number of ether oxygens (including phenoxy) is 1. The number of hydrogen-bond acceptors (Lipinski definition) is 6. The van der Waals surface area contributed by atoms with E-state index in [1.54, 1.807) is 0 Å². The molecule has 6 nitrogen and oxygen atoms in total. The van der Waals surface area contributed by atoms with E-state index in [1.807, 2.05) is 24.3 Å². The minimum absolute atomic E-state index is 0.00203. The van der Waals surface area contributed by atoms with Gasteiger partial charge in [0.25, 0.3) is 0 Å². The van der Waals surface area contributed by atoms with Crippen molar-refractivity contribution in [1.29, 1.82) is 0 Å². The first-order chi connectivity index (χ1) is 11.1. The fourth-order valence-corrected chi connectivity index (χ4v) is 2.24. The molecule has 122 valence electrons. The molecular formula is C17H22N4O2. The first-order valence-corrected chi connectivity index (χ1v) is 7.39. The Morgan fingerprint density at radius 1 is 1.26 bits per heavy atom. The summed E-state index contributed by atoms with van der Waals surface area (Å²) in [4.78, 5) is 6.51. The van der Waals surface area contributed by atoms with Gasteiger partial charge in [0.2, 0.25) is 0 Å². The molecule has 3 N–H and O–H groups in total. The monoisotopic (exact) mass is 314 g/mol. The highest BCUT2D eigenvalue weighted by atomic mass is 16.5. The lowest BCUT2D eigenvalue weighted by Crippen LogP contribution is -2.34. The third kappa shape index (κ3) is 4.96. The van der Waals surface area contributed by atoms with Crippen molar-refractivity contribution in [1.82, 2.24) is 4.90 Å². The van der Waals surface area contributed by atoms with E-state index in [0.29, 0.717) is 5.71 Å². The summed E-state index contributed by atoms with van der Waals surface area (Å²) in [7, 11) is 0. The summed E-state index contributed by atoms with van der Waals surface area (Å²) < 4.78 is 5.35. The largest absolute Gasteiger partial charge is 0.513 e. The van der Waals surface area contributed by atoms with Crippen molar-refractivity contribution in [2.24, 2.45) is 15.9 Å². The van der Waals surface area contributed by atoms with E-state index in [2.05, 4.69) is 28.2 Å². The van der Waals surface area contributed by atoms with Gasteiger partial charge in [0.15, 0.2) is 0 Å². The molecule has 0 amide bonds. The third-order valence-corrected chi connectivity index (χ3v) is 3.51. The van der Waals surface area contributed by atoms with Crippen LogP contribution in [0, 0.1) is 0 Å². The molecule has 1 fully saturated rings. The normalized spacial score (nSPS) is 15.8. The van der Waals surface area contributed by atoms with Gasteiger partial charge in [0, 0.05) is 25.2 Å². The lowest BCUT2D eigenvalue weighted by molar-refractivity contribution is 0.0641. The van der Waals surface area contributed by atoms with Crippen LogP contribution in [-0.4, -0.2) is 48.2 Å². The van der Waals surface area contributed by atoms with Gasteiger partial charge in [-0.2, -0.15) is 5.10 Å². The van der Waals surface area contributed by atoms with Crippen LogP contribution >= 0.6 is 0 Å². The molecule has 0 unspecified atom stereocenters. The Morgan fingerprint density at radius 2 is 1.91 bits per heavy atom. The van der Waals surface area contributed by atoms with Gasteiger partial charge in [-0.25, -0.2) is 0 Å². The second-order valence-corrected chi connectivity index (χ2v) is 5.21. The van der Waals surface area contributed by atoms with Gasteiger partial charge in [-0.3, -0.25) is 4.99 Å². The van der Waals surface area contributed by atoms with E-state index < -0.39 is 0 Å². The Bertz CT molecular complexity index is 614. The van der Waals surface area contributed by atoms with Crippen LogP contribution in [0.15, 0.2) is 53.3 Å². The van der Waals surface area contributed by atoms with E-state index in [4.69, 9.17) is 15.7 Å². The molecule has 0 atom stereocenters. The van der Waals surface area contributed by atoms with E-state index in [1.165, 1.54) is 6.21 Å². The van der Waals surface area contributed by atoms with Crippen LogP contribution in [0.4, 0.5) is 5.69 Å². The number of rotatable bonds is 6. The molecular weight excluding hydrogens is 292 g/mol. The smallest absolute Gasteiger partial charge is 0.0911 e. The van der Waals surface area contributed by atoms with Crippen molar-refractivity contribution in [2.75, 3.05) is 26.3 Å². The zero-order chi connectivity index (χ0) is 16.7. The summed E-state index contributed by atoms with van der Waals surface area (Å²) in [6.07, 6.45) is 1.71. The van der Waals surface area contributed by atoms with Gasteiger partial charge in [0.1, 0.15) is 0 Å². The maximum Gasteiger partial charge on any atom is 0.0911 e. The number of aliphatic hydroxyl groups is 1. The Morgan fingerprint density at radius 3 is 2.48 bits per heavy atom. The Balaban J connectivity index is 2.01. The first-order valence-electron chi connectivity index (χ1n) is 7.39. The molecule has 0 radical (unpaired) electrons. The fraction of sp³-hybridized carbons (Fsp3) is 0.294. The number of aliphatic hydroxyl groups excluding tert-OH is 1. The maximum atomic E-state index is 9.16. The summed E-state index contributed by atoms with van der Waals surface area (Å²) in [6.45, 7) is 10.8. The van der Waals surface area contributed by atoms with E-state index >= 15 is 0 Å². The predicted molar refractivity (Wildman–Crippen MR) is 94.0 cm³/mol. The highest BCUT2D eigenvalue weighted by Gasteiger charge is 2.13. The molecule has 0 saturated carbocycles. The second-order valence-electron chi connectivity index (χ2n) is 5.21. The number of nitrogens with two attached hydrogens (primary N) is 1. The summed E-state index contributed by atoms with van der Waals surface area (Å²) in [6, 6.07) is 7.77. The number of allylic oxidation sites excluding steroid dienone is 1. The molecule has 1 saturated heterocycles. The summed E-state index contributed by atoms with van der Waals surface area (Å²) >= 11 is 0. The topological polar surface area (TPSA) is 83.4 Å². The quantitative estimate of drug-likeness (QED) is 0.366. The second kappa shape index (κ2) is 8.14. The van der Waals surface area contributed by atoms with Gasteiger partial charge in [-0.05, 0) is 17.7 Å². The number of hydrogen-bond donors (Lipinski definition) is 2. The molecule has 0 aromatic heterocycles. The van der Waals surface area contributed by atoms with Crippen LogP contribution in [-0.2, 0) is 4.74 Å². The molecule has 0 spiro atoms. The molecule has 1 aromatic carbocycles. The van der Waals surface area contributed by atoms with Crippen LogP contribution < -0.4 is 5.84 Å². The number of nitrogens with zero attached hydrogens (tertiary/aromatic N) is 3. The molecule has 0 bridgehead atoms. The average Bonchev–Trinajstić information content (AvgIpc) is 2.59. The van der Waals surface area contributed by atoms with Gasteiger partial charge < -0.3 is 20.6 Å². The van der Waals surface area contributed by atoms with Crippen molar-refractivity contribution in [2.45, 2.75) is 6.42 Å². The third-order valence-electron chi connectivity index (χ3n) is 3.51. The van der Waals surface area contributed by atoms with Gasteiger partial charge in [0.05, 0.1) is 36.6 Å². The van der Waals surface area contributed by atoms with E-state index in [9.17, 15) is 0 Å². The molecule has 0 aliphatic carbocycles. The van der Waals surface area contributed by atoms with Gasteiger partial charge in [-0.1, -0.05) is 25.3 Å². The molecule has 1 aromatic rings. The zero-order valence-corrected chi connectivity index (χ0v) is 13.1. The van der Waals surface area contributed by atoms with Crippen LogP contribution in [0.2, 0.25) is 0 Å². The highest BCUT2D eigenvalue weighted by Crippen LogP contribution is 2.21. The minimum atomic E-state index is -0.00203. The van der Waals surface area contributed by atoms with Crippen LogP contribution in [0.1, 0.15) is 12.0 Å². The first kappa shape index (κ1) is 16.8.